The van der Waals surface area contributed by atoms with Crippen molar-refractivity contribution >= 4 is 0 Å². The Morgan fingerprint density at radius 1 is 1.00 bits per heavy atom. The SMILES string of the molecule is COc1ncc(C(C)(C)CCc2ncc(C(C)C)cn2)cn1. The maximum absolute atomic E-state index is 5.00. The molecule has 2 rings (SSSR count). The minimum atomic E-state index is -0.0354. The molecule has 0 saturated heterocycles. The van der Waals surface area contributed by atoms with Gasteiger partial charge in [0.05, 0.1) is 7.11 Å². The van der Waals surface area contributed by atoms with Crippen LogP contribution in [-0.4, -0.2) is 27.0 Å². The van der Waals surface area contributed by atoms with Crippen molar-refractivity contribution in [1.29, 1.82) is 0 Å². The topological polar surface area (TPSA) is 60.8 Å². The van der Waals surface area contributed by atoms with Gasteiger partial charge < -0.3 is 4.74 Å². The van der Waals surface area contributed by atoms with E-state index in [-0.39, 0.29) is 5.41 Å². The zero-order valence-corrected chi connectivity index (χ0v) is 14.0. The summed E-state index contributed by atoms with van der Waals surface area (Å²) in [6.07, 6.45) is 9.28. The van der Waals surface area contributed by atoms with Gasteiger partial charge in [-0.15, -0.1) is 0 Å². The van der Waals surface area contributed by atoms with Gasteiger partial charge in [0, 0.05) is 31.2 Å². The minimum Gasteiger partial charge on any atom is -0.467 e. The second-order valence-electron chi connectivity index (χ2n) is 6.43. The van der Waals surface area contributed by atoms with Crippen molar-refractivity contribution in [1.82, 2.24) is 19.9 Å². The summed E-state index contributed by atoms with van der Waals surface area (Å²) in [5, 5.41) is 0. The van der Waals surface area contributed by atoms with Crippen molar-refractivity contribution in [3.8, 4) is 6.01 Å². The molecule has 0 spiro atoms. The lowest BCUT2D eigenvalue weighted by molar-refractivity contribution is 0.376. The average molecular weight is 300 g/mol. The molecular weight excluding hydrogens is 276 g/mol. The number of nitrogens with zero attached hydrogens (tertiary/aromatic N) is 4. The Kier molecular flexibility index (Phi) is 5.06. The van der Waals surface area contributed by atoms with Crippen molar-refractivity contribution in [3.05, 3.63) is 41.7 Å². The minimum absolute atomic E-state index is 0.0354. The third-order valence-electron chi connectivity index (χ3n) is 3.96. The van der Waals surface area contributed by atoms with Gasteiger partial charge in [-0.2, -0.15) is 0 Å². The first-order chi connectivity index (χ1) is 10.4. The molecule has 0 radical (unpaired) electrons. The van der Waals surface area contributed by atoms with Gasteiger partial charge >= 0.3 is 6.01 Å². The van der Waals surface area contributed by atoms with E-state index >= 15 is 0 Å². The molecule has 22 heavy (non-hydrogen) atoms. The van der Waals surface area contributed by atoms with E-state index in [9.17, 15) is 0 Å². The molecule has 2 aromatic rings. The average Bonchev–Trinajstić information content (AvgIpc) is 2.53. The Morgan fingerprint density at radius 3 is 2.09 bits per heavy atom. The van der Waals surface area contributed by atoms with E-state index in [0.717, 1.165) is 24.2 Å². The maximum Gasteiger partial charge on any atom is 0.316 e. The van der Waals surface area contributed by atoms with Gasteiger partial charge in [-0.05, 0) is 28.9 Å². The molecule has 0 aliphatic carbocycles. The van der Waals surface area contributed by atoms with Gasteiger partial charge in [0.2, 0.25) is 0 Å². The van der Waals surface area contributed by atoms with Crippen LogP contribution < -0.4 is 4.74 Å². The highest BCUT2D eigenvalue weighted by Gasteiger charge is 2.22. The molecule has 0 saturated carbocycles. The van der Waals surface area contributed by atoms with Crippen LogP contribution in [0.4, 0.5) is 0 Å². The fourth-order valence-corrected chi connectivity index (χ4v) is 2.13. The first-order valence-electron chi connectivity index (χ1n) is 7.59. The molecule has 118 valence electrons. The summed E-state index contributed by atoms with van der Waals surface area (Å²) in [4.78, 5) is 17.3. The number of methoxy groups -OCH3 is 1. The molecule has 0 fully saturated rings. The van der Waals surface area contributed by atoms with Gasteiger partial charge in [-0.3, -0.25) is 0 Å². The third kappa shape index (κ3) is 4.00. The standard InChI is InChI=1S/C17H24N4O/c1-12(2)13-8-18-15(19-9-13)6-7-17(3,4)14-10-20-16(22-5)21-11-14/h8-12H,6-7H2,1-5H3. The molecule has 0 bridgehead atoms. The van der Waals surface area contributed by atoms with Crippen LogP contribution in [0.15, 0.2) is 24.8 Å². The van der Waals surface area contributed by atoms with E-state index in [0.29, 0.717) is 11.9 Å². The van der Waals surface area contributed by atoms with Gasteiger partial charge in [0.25, 0.3) is 0 Å². The van der Waals surface area contributed by atoms with Gasteiger partial charge in [-0.1, -0.05) is 27.7 Å². The van der Waals surface area contributed by atoms with Crippen LogP contribution in [-0.2, 0) is 11.8 Å². The van der Waals surface area contributed by atoms with Crippen molar-refractivity contribution in [3.63, 3.8) is 0 Å². The Morgan fingerprint density at radius 2 is 1.59 bits per heavy atom. The van der Waals surface area contributed by atoms with Crippen LogP contribution in [0.3, 0.4) is 0 Å². The van der Waals surface area contributed by atoms with E-state index in [1.807, 2.05) is 24.8 Å². The molecule has 0 unspecified atom stereocenters. The summed E-state index contributed by atoms with van der Waals surface area (Å²) < 4.78 is 5.00. The lowest BCUT2D eigenvalue weighted by Crippen LogP contribution is -2.19. The number of rotatable bonds is 6. The van der Waals surface area contributed by atoms with Crippen LogP contribution in [0.2, 0.25) is 0 Å². The predicted octanol–water partition coefficient (Wildman–Crippen LogP) is 3.31. The summed E-state index contributed by atoms with van der Waals surface area (Å²) in [6.45, 7) is 8.65. The van der Waals surface area contributed by atoms with Crippen molar-refractivity contribution in [2.24, 2.45) is 0 Å². The fraction of sp³-hybridized carbons (Fsp3) is 0.529. The van der Waals surface area contributed by atoms with Crippen LogP contribution in [0, 0.1) is 0 Å². The van der Waals surface area contributed by atoms with Crippen molar-refractivity contribution in [2.75, 3.05) is 7.11 Å². The Balaban J connectivity index is 2.01. The van der Waals surface area contributed by atoms with Crippen molar-refractivity contribution < 1.29 is 4.74 Å². The molecule has 2 aromatic heterocycles. The first-order valence-corrected chi connectivity index (χ1v) is 7.59. The number of hydrogen-bond acceptors (Lipinski definition) is 5. The normalized spacial score (nSPS) is 11.7. The van der Waals surface area contributed by atoms with Crippen LogP contribution in [0.1, 0.15) is 57.0 Å². The molecule has 0 aliphatic heterocycles. The number of hydrogen-bond donors (Lipinski definition) is 0. The number of aryl methyl sites for hydroxylation is 1. The predicted molar refractivity (Wildman–Crippen MR) is 86.1 cm³/mol. The molecule has 5 nitrogen and oxygen atoms in total. The number of ether oxygens (including phenoxy) is 1. The van der Waals surface area contributed by atoms with E-state index in [4.69, 9.17) is 4.74 Å². The lowest BCUT2D eigenvalue weighted by Gasteiger charge is -2.24. The summed E-state index contributed by atoms with van der Waals surface area (Å²) in [5.41, 5.74) is 2.23. The van der Waals surface area contributed by atoms with Crippen LogP contribution >= 0.6 is 0 Å². The summed E-state index contributed by atoms with van der Waals surface area (Å²) >= 11 is 0. The Bertz CT molecular complexity index is 591. The number of aromatic nitrogens is 4. The van der Waals surface area contributed by atoms with Gasteiger partial charge in [0.15, 0.2) is 0 Å². The molecule has 5 heteroatoms. The highest BCUT2D eigenvalue weighted by Crippen LogP contribution is 2.27. The monoisotopic (exact) mass is 300 g/mol. The lowest BCUT2D eigenvalue weighted by atomic mass is 9.82. The zero-order chi connectivity index (χ0) is 16.2. The molecule has 0 atom stereocenters. The van der Waals surface area contributed by atoms with Crippen LogP contribution in [0.25, 0.3) is 0 Å². The molecule has 0 amide bonds. The summed E-state index contributed by atoms with van der Waals surface area (Å²) in [7, 11) is 1.57. The first kappa shape index (κ1) is 16.3. The molecule has 0 N–H and O–H groups in total. The second-order valence-corrected chi connectivity index (χ2v) is 6.43. The highest BCUT2D eigenvalue weighted by molar-refractivity contribution is 5.18. The fourth-order valence-electron chi connectivity index (χ4n) is 2.13. The van der Waals surface area contributed by atoms with Crippen molar-refractivity contribution in [2.45, 2.75) is 51.9 Å². The van der Waals surface area contributed by atoms with E-state index in [1.165, 1.54) is 5.56 Å². The molecule has 0 aliphatic rings. The largest absolute Gasteiger partial charge is 0.467 e. The summed E-state index contributed by atoms with van der Waals surface area (Å²) in [5.74, 6) is 1.34. The molecule has 2 heterocycles. The quantitative estimate of drug-likeness (QED) is 0.819. The Labute approximate surface area is 132 Å². The molecular formula is C17H24N4O. The highest BCUT2D eigenvalue weighted by atomic mass is 16.5. The smallest absolute Gasteiger partial charge is 0.316 e. The van der Waals surface area contributed by atoms with E-state index in [1.54, 1.807) is 7.11 Å². The van der Waals surface area contributed by atoms with E-state index in [2.05, 4.69) is 47.6 Å². The van der Waals surface area contributed by atoms with E-state index < -0.39 is 0 Å². The van der Waals surface area contributed by atoms with Crippen LogP contribution in [0.5, 0.6) is 6.01 Å². The zero-order valence-electron chi connectivity index (χ0n) is 14.0. The molecule has 0 aromatic carbocycles. The van der Waals surface area contributed by atoms with Gasteiger partial charge in [-0.25, -0.2) is 19.9 Å². The summed E-state index contributed by atoms with van der Waals surface area (Å²) in [6, 6.07) is 0.396. The Hall–Kier alpha value is -2.04. The second kappa shape index (κ2) is 6.81. The van der Waals surface area contributed by atoms with Gasteiger partial charge in [0.1, 0.15) is 5.82 Å². The third-order valence-corrected chi connectivity index (χ3v) is 3.96. The maximum atomic E-state index is 5.00.